The number of hydrogen-bond donors (Lipinski definition) is 2. The van der Waals surface area contributed by atoms with Gasteiger partial charge in [-0.3, -0.25) is 4.79 Å². The predicted molar refractivity (Wildman–Crippen MR) is 84.4 cm³/mol. The summed E-state index contributed by atoms with van der Waals surface area (Å²) in [7, 11) is 1.62. The molecule has 5 nitrogen and oxygen atoms in total. The normalized spacial score (nSPS) is 17.7. The molecule has 1 aliphatic heterocycles. The Morgan fingerprint density at radius 2 is 2.19 bits per heavy atom. The lowest BCUT2D eigenvalue weighted by molar-refractivity contribution is 0.0923. The summed E-state index contributed by atoms with van der Waals surface area (Å²) in [6.07, 6.45) is 2.11. The van der Waals surface area contributed by atoms with Crippen LogP contribution in [0.2, 0.25) is 0 Å². The molecule has 0 radical (unpaired) electrons. The summed E-state index contributed by atoms with van der Waals surface area (Å²) in [5.74, 6) is 0.525. The van der Waals surface area contributed by atoms with E-state index < -0.39 is 0 Å². The molecule has 0 aliphatic carbocycles. The maximum atomic E-state index is 12.3. The van der Waals surface area contributed by atoms with E-state index in [4.69, 9.17) is 9.47 Å². The minimum absolute atomic E-state index is 0. The van der Waals surface area contributed by atoms with Gasteiger partial charge in [-0.15, -0.1) is 12.4 Å². The Bertz CT molecular complexity index is 437. The van der Waals surface area contributed by atoms with Gasteiger partial charge in [0, 0.05) is 19.7 Å². The molecule has 2 rings (SSSR count). The Morgan fingerprint density at radius 1 is 1.38 bits per heavy atom. The van der Waals surface area contributed by atoms with Gasteiger partial charge in [0.05, 0.1) is 12.2 Å². The van der Waals surface area contributed by atoms with Crippen molar-refractivity contribution >= 4 is 18.3 Å². The fourth-order valence-electron chi connectivity index (χ4n) is 2.25. The number of carbonyl (C=O) groups excluding carboxylic acids is 1. The van der Waals surface area contributed by atoms with E-state index in [0.29, 0.717) is 24.5 Å². The van der Waals surface area contributed by atoms with Gasteiger partial charge in [-0.25, -0.2) is 0 Å². The Kier molecular flexibility index (Phi) is 8.12. The average Bonchev–Trinajstić information content (AvgIpc) is 2.49. The third-order valence-electron chi connectivity index (χ3n) is 3.31. The zero-order valence-electron chi connectivity index (χ0n) is 12.3. The third kappa shape index (κ3) is 5.53. The monoisotopic (exact) mass is 314 g/mol. The molecule has 0 bridgehead atoms. The minimum Gasteiger partial charge on any atom is -0.490 e. The van der Waals surface area contributed by atoms with Crippen LogP contribution in [0.3, 0.4) is 0 Å². The maximum absolute atomic E-state index is 12.3. The first-order chi connectivity index (χ1) is 9.81. The van der Waals surface area contributed by atoms with Crippen LogP contribution < -0.4 is 15.4 Å². The summed E-state index contributed by atoms with van der Waals surface area (Å²) in [5, 5.41) is 6.34. The van der Waals surface area contributed by atoms with Gasteiger partial charge in [-0.1, -0.05) is 12.1 Å². The molecule has 1 fully saturated rings. The molecule has 1 heterocycles. The predicted octanol–water partition coefficient (Wildman–Crippen LogP) is 1.62. The lowest BCUT2D eigenvalue weighted by Gasteiger charge is -2.24. The van der Waals surface area contributed by atoms with E-state index in [0.717, 1.165) is 25.9 Å². The maximum Gasteiger partial charge on any atom is 0.255 e. The topological polar surface area (TPSA) is 59.6 Å². The number of nitrogens with one attached hydrogen (secondary N) is 2. The van der Waals surface area contributed by atoms with Gasteiger partial charge in [0.25, 0.3) is 5.91 Å². The molecular formula is C15H23ClN2O3. The lowest BCUT2D eigenvalue weighted by atomic mass is 10.1. The van der Waals surface area contributed by atoms with E-state index >= 15 is 0 Å². The van der Waals surface area contributed by atoms with Gasteiger partial charge in [0.15, 0.2) is 0 Å². The summed E-state index contributed by atoms with van der Waals surface area (Å²) in [4.78, 5) is 12.3. The van der Waals surface area contributed by atoms with E-state index in [1.54, 1.807) is 13.2 Å². The molecule has 6 heteroatoms. The fourth-order valence-corrected chi connectivity index (χ4v) is 2.25. The summed E-state index contributed by atoms with van der Waals surface area (Å²) in [5.41, 5.74) is 0.578. The van der Waals surface area contributed by atoms with E-state index in [1.165, 1.54) is 0 Å². The highest BCUT2D eigenvalue weighted by atomic mass is 35.5. The highest BCUT2D eigenvalue weighted by Crippen LogP contribution is 2.18. The Morgan fingerprint density at radius 3 is 2.90 bits per heavy atom. The van der Waals surface area contributed by atoms with Crippen molar-refractivity contribution in [2.24, 2.45) is 0 Å². The van der Waals surface area contributed by atoms with Crippen LogP contribution in [0.15, 0.2) is 24.3 Å². The molecule has 0 aromatic heterocycles. The van der Waals surface area contributed by atoms with E-state index in [-0.39, 0.29) is 24.4 Å². The van der Waals surface area contributed by atoms with Gasteiger partial charge in [0.1, 0.15) is 12.4 Å². The summed E-state index contributed by atoms with van der Waals surface area (Å²) in [6.45, 7) is 2.80. The molecule has 118 valence electrons. The number of hydrogen-bond acceptors (Lipinski definition) is 4. The first-order valence-electron chi connectivity index (χ1n) is 7.03. The second-order valence-corrected chi connectivity index (χ2v) is 4.85. The average molecular weight is 315 g/mol. The van der Waals surface area contributed by atoms with Crippen LogP contribution in [0.5, 0.6) is 5.75 Å². The van der Waals surface area contributed by atoms with Crippen molar-refractivity contribution in [3.05, 3.63) is 29.8 Å². The van der Waals surface area contributed by atoms with Crippen molar-refractivity contribution in [1.82, 2.24) is 10.6 Å². The van der Waals surface area contributed by atoms with Crippen molar-refractivity contribution < 1.29 is 14.3 Å². The standard InChI is InChI=1S/C15H22N2O3.ClH/c1-19-9-10-20-14-7-3-2-6-13(14)15(18)17-12-5-4-8-16-11-12;/h2-3,6-7,12,16H,4-5,8-11H2,1H3,(H,17,18);1H/t12-;/m0./s1. The lowest BCUT2D eigenvalue weighted by Crippen LogP contribution is -2.45. The van der Waals surface area contributed by atoms with Gasteiger partial charge < -0.3 is 20.1 Å². The second kappa shape index (κ2) is 9.60. The van der Waals surface area contributed by atoms with Crippen molar-refractivity contribution in [3.63, 3.8) is 0 Å². The molecule has 0 unspecified atom stereocenters. The first kappa shape index (κ1) is 17.8. The molecule has 21 heavy (non-hydrogen) atoms. The zero-order valence-corrected chi connectivity index (χ0v) is 13.1. The first-order valence-corrected chi connectivity index (χ1v) is 7.03. The zero-order chi connectivity index (χ0) is 14.2. The molecule has 0 spiro atoms. The number of carbonyl (C=O) groups is 1. The van der Waals surface area contributed by atoms with Gasteiger partial charge in [-0.2, -0.15) is 0 Å². The Labute approximate surface area is 131 Å². The largest absolute Gasteiger partial charge is 0.490 e. The van der Waals surface area contributed by atoms with Crippen LogP contribution >= 0.6 is 12.4 Å². The highest BCUT2D eigenvalue weighted by Gasteiger charge is 2.18. The number of piperidine rings is 1. The highest BCUT2D eigenvalue weighted by molar-refractivity contribution is 5.97. The second-order valence-electron chi connectivity index (χ2n) is 4.85. The Hall–Kier alpha value is -1.30. The molecular weight excluding hydrogens is 292 g/mol. The number of para-hydroxylation sites is 1. The van der Waals surface area contributed by atoms with Gasteiger partial charge in [0.2, 0.25) is 0 Å². The number of amides is 1. The van der Waals surface area contributed by atoms with Crippen LogP contribution in [-0.4, -0.2) is 45.4 Å². The molecule has 1 aromatic carbocycles. The quantitative estimate of drug-likeness (QED) is 0.783. The molecule has 1 aliphatic rings. The third-order valence-corrected chi connectivity index (χ3v) is 3.31. The van der Waals surface area contributed by atoms with E-state index in [1.807, 2.05) is 18.2 Å². The smallest absolute Gasteiger partial charge is 0.255 e. The van der Waals surface area contributed by atoms with E-state index in [2.05, 4.69) is 10.6 Å². The minimum atomic E-state index is -0.0771. The van der Waals surface area contributed by atoms with Crippen molar-refractivity contribution in [1.29, 1.82) is 0 Å². The fraction of sp³-hybridized carbons (Fsp3) is 0.533. The summed E-state index contributed by atoms with van der Waals surface area (Å²) >= 11 is 0. The number of benzene rings is 1. The van der Waals surface area contributed by atoms with Crippen LogP contribution in [0.1, 0.15) is 23.2 Å². The molecule has 2 N–H and O–H groups in total. The number of halogens is 1. The molecule has 1 aromatic rings. The van der Waals surface area contributed by atoms with Gasteiger partial charge in [-0.05, 0) is 31.5 Å². The van der Waals surface area contributed by atoms with Crippen LogP contribution in [-0.2, 0) is 4.74 Å². The number of methoxy groups -OCH3 is 1. The molecule has 1 saturated heterocycles. The van der Waals surface area contributed by atoms with E-state index in [9.17, 15) is 4.79 Å². The summed E-state index contributed by atoms with van der Waals surface area (Å²) < 4.78 is 10.5. The SMILES string of the molecule is COCCOc1ccccc1C(=O)N[C@H]1CCCNC1.Cl. The Balaban J connectivity index is 0.00000220. The summed E-state index contributed by atoms with van der Waals surface area (Å²) in [6, 6.07) is 7.50. The molecule has 1 atom stereocenters. The van der Waals surface area contributed by atoms with Crippen LogP contribution in [0.25, 0.3) is 0 Å². The number of ether oxygens (including phenoxy) is 2. The van der Waals surface area contributed by atoms with Crippen LogP contribution in [0, 0.1) is 0 Å². The van der Waals surface area contributed by atoms with Crippen LogP contribution in [0.4, 0.5) is 0 Å². The molecule has 1 amide bonds. The van der Waals surface area contributed by atoms with Crippen molar-refractivity contribution in [2.75, 3.05) is 33.4 Å². The number of rotatable bonds is 6. The van der Waals surface area contributed by atoms with Crippen molar-refractivity contribution in [3.8, 4) is 5.75 Å². The molecule has 0 saturated carbocycles. The van der Waals surface area contributed by atoms with Gasteiger partial charge >= 0.3 is 0 Å². The van der Waals surface area contributed by atoms with Crippen molar-refractivity contribution in [2.45, 2.75) is 18.9 Å².